The van der Waals surface area contributed by atoms with Gasteiger partial charge in [-0.1, -0.05) is 12.1 Å². The number of aliphatic hydroxyl groups is 1. The molecule has 2 rings (SSSR count). The van der Waals surface area contributed by atoms with E-state index in [0.717, 1.165) is 38.2 Å². The van der Waals surface area contributed by atoms with Crippen LogP contribution in [0.15, 0.2) is 24.3 Å². The molecule has 0 aliphatic carbocycles. The molecule has 0 amide bonds. The predicted octanol–water partition coefficient (Wildman–Crippen LogP) is 1.60. The summed E-state index contributed by atoms with van der Waals surface area (Å²) in [5.41, 5.74) is 1.23. The first kappa shape index (κ1) is 20.2. The molecule has 0 unspecified atom stereocenters. The number of nitrogens with one attached hydrogen (secondary N) is 1. The fourth-order valence-electron chi connectivity index (χ4n) is 2.86. The van der Waals surface area contributed by atoms with Crippen molar-refractivity contribution in [3.05, 3.63) is 29.8 Å². The average molecular weight is 371 g/mol. The maximum atomic E-state index is 11.8. The van der Waals surface area contributed by atoms with Crippen LogP contribution in [0.4, 0.5) is 0 Å². The summed E-state index contributed by atoms with van der Waals surface area (Å²) in [5.74, 6) is 1.19. The molecule has 1 aliphatic heterocycles. The number of rotatable bonds is 9. The van der Waals surface area contributed by atoms with Crippen LogP contribution in [0.1, 0.15) is 32.3 Å². The van der Waals surface area contributed by atoms with Crippen molar-refractivity contribution in [2.75, 3.05) is 32.8 Å². The molecule has 1 aromatic rings. The van der Waals surface area contributed by atoms with E-state index < -0.39 is 10.0 Å². The first-order chi connectivity index (χ1) is 11.9. The number of benzene rings is 1. The maximum absolute atomic E-state index is 11.8. The first-order valence-corrected chi connectivity index (χ1v) is 10.5. The zero-order valence-corrected chi connectivity index (χ0v) is 16.0. The van der Waals surface area contributed by atoms with Gasteiger partial charge in [-0.2, -0.15) is 0 Å². The summed E-state index contributed by atoms with van der Waals surface area (Å²) in [6.07, 6.45) is 2.02. The lowest BCUT2D eigenvalue weighted by Gasteiger charge is -2.32. The summed E-state index contributed by atoms with van der Waals surface area (Å²) in [5, 5.41) is 8.38. The van der Waals surface area contributed by atoms with Crippen LogP contribution in [-0.2, 0) is 16.6 Å². The summed E-state index contributed by atoms with van der Waals surface area (Å²) in [6.45, 7) is 7.14. The summed E-state index contributed by atoms with van der Waals surface area (Å²) in [7, 11) is -3.16. The van der Waals surface area contributed by atoms with Crippen molar-refractivity contribution in [3.63, 3.8) is 0 Å². The van der Waals surface area contributed by atoms with Crippen molar-refractivity contribution in [1.29, 1.82) is 0 Å². The van der Waals surface area contributed by atoms with Crippen LogP contribution in [0.3, 0.4) is 0 Å². The Morgan fingerprint density at radius 2 is 1.88 bits per heavy atom. The lowest BCUT2D eigenvalue weighted by Crippen LogP contribution is -2.40. The highest BCUT2D eigenvalue weighted by molar-refractivity contribution is 7.90. The third kappa shape index (κ3) is 6.58. The Kier molecular flexibility index (Phi) is 7.68. The molecule has 2 N–H and O–H groups in total. The number of sulfonamides is 1. The highest BCUT2D eigenvalue weighted by Gasteiger charge is 2.22. The van der Waals surface area contributed by atoms with Crippen molar-refractivity contribution >= 4 is 10.0 Å². The Morgan fingerprint density at radius 1 is 1.24 bits per heavy atom. The molecule has 142 valence electrons. The van der Waals surface area contributed by atoms with Gasteiger partial charge in [-0.15, -0.1) is 0 Å². The standard InChI is InChI=1S/C18H30N2O4S/c1-15(2)25(22,23)19-13-16-7-9-20(10-8-16)14-17-3-5-18(6-4-17)24-12-11-21/h3-6,15-16,19,21H,7-14H2,1-2H3. The van der Waals surface area contributed by atoms with Gasteiger partial charge in [0.2, 0.25) is 10.0 Å². The molecule has 0 atom stereocenters. The molecule has 1 heterocycles. The number of ether oxygens (including phenoxy) is 1. The highest BCUT2D eigenvalue weighted by Crippen LogP contribution is 2.20. The molecule has 0 radical (unpaired) electrons. The van der Waals surface area contributed by atoms with Crippen LogP contribution < -0.4 is 9.46 Å². The fraction of sp³-hybridized carbons (Fsp3) is 0.667. The fourth-order valence-corrected chi connectivity index (χ4v) is 3.66. The molecule has 0 spiro atoms. The van der Waals surface area contributed by atoms with Gasteiger partial charge in [0.1, 0.15) is 12.4 Å². The van der Waals surface area contributed by atoms with Gasteiger partial charge in [0.05, 0.1) is 11.9 Å². The molecule has 25 heavy (non-hydrogen) atoms. The molecule has 0 saturated carbocycles. The summed E-state index contributed by atoms with van der Waals surface area (Å²) >= 11 is 0. The number of hydrogen-bond donors (Lipinski definition) is 2. The van der Waals surface area contributed by atoms with Gasteiger partial charge < -0.3 is 9.84 Å². The van der Waals surface area contributed by atoms with Crippen molar-refractivity contribution in [2.24, 2.45) is 5.92 Å². The van der Waals surface area contributed by atoms with E-state index in [2.05, 4.69) is 21.8 Å². The van der Waals surface area contributed by atoms with Gasteiger partial charge in [-0.25, -0.2) is 13.1 Å². The molecule has 1 aromatic carbocycles. The molecule has 1 saturated heterocycles. The van der Waals surface area contributed by atoms with Gasteiger partial charge in [-0.3, -0.25) is 4.90 Å². The quantitative estimate of drug-likeness (QED) is 0.690. The summed E-state index contributed by atoms with van der Waals surface area (Å²) in [4.78, 5) is 2.40. The van der Waals surface area contributed by atoms with E-state index in [4.69, 9.17) is 9.84 Å². The van der Waals surface area contributed by atoms with Gasteiger partial charge >= 0.3 is 0 Å². The smallest absolute Gasteiger partial charge is 0.213 e. The lowest BCUT2D eigenvalue weighted by atomic mass is 9.97. The highest BCUT2D eigenvalue weighted by atomic mass is 32.2. The zero-order chi connectivity index (χ0) is 18.3. The third-order valence-electron chi connectivity index (χ3n) is 4.59. The Bertz CT molecular complexity index is 608. The molecule has 0 bridgehead atoms. The van der Waals surface area contributed by atoms with E-state index in [1.165, 1.54) is 5.56 Å². The van der Waals surface area contributed by atoms with E-state index in [-0.39, 0.29) is 11.9 Å². The molecule has 1 aliphatic rings. The van der Waals surface area contributed by atoms with Crippen LogP contribution in [-0.4, -0.2) is 56.5 Å². The number of nitrogens with zero attached hydrogens (tertiary/aromatic N) is 1. The molecule has 0 aromatic heterocycles. The Hall–Kier alpha value is -1.15. The Morgan fingerprint density at radius 3 is 2.44 bits per heavy atom. The van der Waals surface area contributed by atoms with Crippen LogP contribution in [0.2, 0.25) is 0 Å². The predicted molar refractivity (Wildman–Crippen MR) is 99.1 cm³/mol. The minimum Gasteiger partial charge on any atom is -0.491 e. The van der Waals surface area contributed by atoms with Gasteiger partial charge in [0.25, 0.3) is 0 Å². The van der Waals surface area contributed by atoms with Gasteiger partial charge in [0.15, 0.2) is 0 Å². The van der Waals surface area contributed by atoms with Crippen LogP contribution in [0, 0.1) is 5.92 Å². The Labute approximate surface area is 151 Å². The first-order valence-electron chi connectivity index (χ1n) is 8.94. The molecule has 7 heteroatoms. The van der Waals surface area contributed by atoms with E-state index in [1.807, 2.05) is 12.1 Å². The summed E-state index contributed by atoms with van der Waals surface area (Å²) in [6, 6.07) is 7.96. The number of likely N-dealkylation sites (tertiary alicyclic amines) is 1. The second kappa shape index (κ2) is 9.52. The van der Waals surface area contributed by atoms with Gasteiger partial charge in [-0.05, 0) is 63.4 Å². The number of aliphatic hydroxyl groups excluding tert-OH is 1. The van der Waals surface area contributed by atoms with Crippen molar-refractivity contribution in [1.82, 2.24) is 9.62 Å². The largest absolute Gasteiger partial charge is 0.491 e. The van der Waals surface area contributed by atoms with Gasteiger partial charge in [0, 0.05) is 13.1 Å². The van der Waals surface area contributed by atoms with Crippen LogP contribution >= 0.6 is 0 Å². The van der Waals surface area contributed by atoms with E-state index >= 15 is 0 Å². The van der Waals surface area contributed by atoms with E-state index in [0.29, 0.717) is 19.1 Å². The maximum Gasteiger partial charge on any atom is 0.213 e. The molecular formula is C18H30N2O4S. The van der Waals surface area contributed by atoms with Crippen LogP contribution in [0.5, 0.6) is 5.75 Å². The molecular weight excluding hydrogens is 340 g/mol. The average Bonchev–Trinajstić information content (AvgIpc) is 2.60. The SMILES string of the molecule is CC(C)S(=O)(=O)NCC1CCN(Cc2ccc(OCCO)cc2)CC1. The number of hydrogen-bond acceptors (Lipinski definition) is 5. The van der Waals surface area contributed by atoms with Crippen LogP contribution in [0.25, 0.3) is 0 Å². The monoisotopic (exact) mass is 370 g/mol. The van der Waals surface area contributed by atoms with E-state index in [9.17, 15) is 8.42 Å². The normalized spacial score (nSPS) is 17.1. The number of piperidine rings is 1. The minimum absolute atomic E-state index is 0.0179. The Balaban J connectivity index is 1.73. The van der Waals surface area contributed by atoms with Crippen molar-refractivity contribution < 1.29 is 18.3 Å². The minimum atomic E-state index is -3.16. The lowest BCUT2D eigenvalue weighted by molar-refractivity contribution is 0.178. The van der Waals surface area contributed by atoms with Crippen molar-refractivity contribution in [2.45, 2.75) is 38.5 Å². The second-order valence-corrected chi connectivity index (χ2v) is 9.20. The van der Waals surface area contributed by atoms with Crippen molar-refractivity contribution in [3.8, 4) is 5.75 Å². The summed E-state index contributed by atoms with van der Waals surface area (Å²) < 4.78 is 31.8. The van der Waals surface area contributed by atoms with E-state index in [1.54, 1.807) is 13.8 Å². The topological polar surface area (TPSA) is 78.9 Å². The molecule has 6 nitrogen and oxygen atoms in total. The zero-order valence-electron chi connectivity index (χ0n) is 15.1. The second-order valence-electron chi connectivity index (χ2n) is 6.88. The molecule has 1 fully saturated rings. The third-order valence-corrected chi connectivity index (χ3v) is 6.40.